The largest absolute Gasteiger partial charge is 0.0991 e. The lowest BCUT2D eigenvalue weighted by Crippen LogP contribution is -1.53. The normalized spacial score (nSPS) is 12.5. The summed E-state index contributed by atoms with van der Waals surface area (Å²) in [5.41, 5.74) is 0. The molecular formula is C6H6Br2. The summed E-state index contributed by atoms with van der Waals surface area (Å²) in [5.74, 6) is 0. The van der Waals surface area contributed by atoms with Gasteiger partial charge in [0.25, 0.3) is 0 Å². The van der Waals surface area contributed by atoms with Crippen LogP contribution in [0, 0.1) is 0 Å². The minimum Gasteiger partial charge on any atom is -0.0991 e. The Bertz CT molecular complexity index is 122. The third kappa shape index (κ3) is 4.34. The van der Waals surface area contributed by atoms with Crippen LogP contribution in [0.25, 0.3) is 0 Å². The molecule has 0 nitrogen and oxygen atoms in total. The van der Waals surface area contributed by atoms with E-state index in [-0.39, 0.29) is 0 Å². The van der Waals surface area contributed by atoms with E-state index in [1.165, 1.54) is 0 Å². The Balaban J connectivity index is 3.69. The van der Waals surface area contributed by atoms with Gasteiger partial charge in [-0.2, -0.15) is 0 Å². The second kappa shape index (κ2) is 5.32. The van der Waals surface area contributed by atoms with E-state index in [1.54, 1.807) is 11.1 Å². The number of allylic oxidation sites excluding steroid dienone is 4. The lowest BCUT2D eigenvalue weighted by Gasteiger charge is -1.78. The van der Waals surface area contributed by atoms with Crippen LogP contribution in [-0.4, -0.2) is 0 Å². The van der Waals surface area contributed by atoms with Gasteiger partial charge in [-0.25, -0.2) is 0 Å². The Morgan fingerprint density at radius 2 is 2.12 bits per heavy atom. The van der Waals surface area contributed by atoms with Gasteiger partial charge in [0.05, 0.1) is 0 Å². The van der Waals surface area contributed by atoms with Gasteiger partial charge in [0, 0.05) is 4.48 Å². The van der Waals surface area contributed by atoms with Crippen LogP contribution < -0.4 is 0 Å². The van der Waals surface area contributed by atoms with E-state index in [1.807, 2.05) is 12.2 Å². The smallest absolute Gasteiger partial charge is 0.0244 e. The number of hydrogen-bond donors (Lipinski definition) is 0. The van der Waals surface area contributed by atoms with Gasteiger partial charge in [0.15, 0.2) is 0 Å². The fourth-order valence-electron chi connectivity index (χ4n) is 0.196. The molecule has 0 N–H and O–H groups in total. The second-order valence-corrected chi connectivity index (χ2v) is 2.46. The van der Waals surface area contributed by atoms with E-state index >= 15 is 0 Å². The number of hydrogen-bond acceptors (Lipinski definition) is 0. The van der Waals surface area contributed by atoms with Gasteiger partial charge in [0.1, 0.15) is 0 Å². The molecule has 0 amide bonds. The van der Waals surface area contributed by atoms with Gasteiger partial charge >= 0.3 is 0 Å². The van der Waals surface area contributed by atoms with E-state index in [0.717, 1.165) is 4.48 Å². The van der Waals surface area contributed by atoms with Crippen molar-refractivity contribution in [3.05, 3.63) is 34.3 Å². The summed E-state index contributed by atoms with van der Waals surface area (Å²) in [5, 5.41) is 0. The highest BCUT2D eigenvalue weighted by molar-refractivity contribution is 9.14. The SMILES string of the molecule is C=CC=CC(Br)=CBr. The maximum absolute atomic E-state index is 3.52. The van der Waals surface area contributed by atoms with E-state index in [9.17, 15) is 0 Å². The summed E-state index contributed by atoms with van der Waals surface area (Å²) >= 11 is 6.41. The van der Waals surface area contributed by atoms with Crippen molar-refractivity contribution in [2.45, 2.75) is 0 Å². The van der Waals surface area contributed by atoms with Crippen molar-refractivity contribution in [1.29, 1.82) is 0 Å². The molecule has 0 unspecified atom stereocenters. The summed E-state index contributed by atoms with van der Waals surface area (Å²) < 4.78 is 0.998. The fourth-order valence-corrected chi connectivity index (χ4v) is 0.502. The zero-order valence-corrected chi connectivity index (χ0v) is 7.44. The van der Waals surface area contributed by atoms with E-state index < -0.39 is 0 Å². The third-order valence-corrected chi connectivity index (χ3v) is 2.10. The van der Waals surface area contributed by atoms with Crippen LogP contribution in [0.1, 0.15) is 0 Å². The van der Waals surface area contributed by atoms with Crippen molar-refractivity contribution < 1.29 is 0 Å². The minimum absolute atomic E-state index is 0.998. The van der Waals surface area contributed by atoms with E-state index in [0.29, 0.717) is 0 Å². The molecule has 0 saturated carbocycles. The van der Waals surface area contributed by atoms with Gasteiger partial charge in [0.2, 0.25) is 0 Å². The van der Waals surface area contributed by atoms with Crippen molar-refractivity contribution in [3.63, 3.8) is 0 Å². The zero-order chi connectivity index (χ0) is 6.41. The first kappa shape index (κ1) is 8.18. The average Bonchev–Trinajstić information content (AvgIpc) is 1.83. The van der Waals surface area contributed by atoms with Crippen LogP contribution in [-0.2, 0) is 0 Å². The predicted molar refractivity (Wildman–Crippen MR) is 45.3 cm³/mol. The van der Waals surface area contributed by atoms with Crippen LogP contribution in [0.15, 0.2) is 34.3 Å². The molecule has 44 valence electrons. The molecule has 8 heavy (non-hydrogen) atoms. The Labute approximate surface area is 66.2 Å². The first-order valence-corrected chi connectivity index (χ1v) is 3.77. The fraction of sp³-hybridized carbons (Fsp3) is 0. The van der Waals surface area contributed by atoms with Crippen molar-refractivity contribution in [2.24, 2.45) is 0 Å². The molecule has 0 aromatic rings. The molecule has 0 radical (unpaired) electrons. The van der Waals surface area contributed by atoms with Gasteiger partial charge in [-0.05, 0) is 11.1 Å². The van der Waals surface area contributed by atoms with Crippen molar-refractivity contribution in [1.82, 2.24) is 0 Å². The summed E-state index contributed by atoms with van der Waals surface area (Å²) in [6.07, 6.45) is 5.46. The lowest BCUT2D eigenvalue weighted by atomic mass is 10.5. The molecule has 0 aromatic heterocycles. The topological polar surface area (TPSA) is 0 Å². The van der Waals surface area contributed by atoms with Gasteiger partial charge < -0.3 is 0 Å². The monoisotopic (exact) mass is 236 g/mol. The molecule has 0 aromatic carbocycles. The lowest BCUT2D eigenvalue weighted by molar-refractivity contribution is 1.94. The van der Waals surface area contributed by atoms with Gasteiger partial charge in [-0.3, -0.25) is 0 Å². The molecule has 0 rings (SSSR count). The van der Waals surface area contributed by atoms with Crippen LogP contribution in [0.5, 0.6) is 0 Å². The van der Waals surface area contributed by atoms with Crippen LogP contribution in [0.4, 0.5) is 0 Å². The molecule has 2 heteroatoms. The molecule has 0 fully saturated rings. The highest BCUT2D eigenvalue weighted by Gasteiger charge is 1.74. The quantitative estimate of drug-likeness (QED) is 0.647. The van der Waals surface area contributed by atoms with Crippen LogP contribution in [0.3, 0.4) is 0 Å². The Morgan fingerprint density at radius 1 is 1.50 bits per heavy atom. The molecule has 0 bridgehead atoms. The van der Waals surface area contributed by atoms with E-state index in [4.69, 9.17) is 0 Å². The van der Waals surface area contributed by atoms with Crippen molar-refractivity contribution >= 4 is 31.9 Å². The third-order valence-electron chi connectivity index (χ3n) is 0.496. The number of halogens is 2. The average molecular weight is 238 g/mol. The van der Waals surface area contributed by atoms with E-state index in [2.05, 4.69) is 38.4 Å². The first-order chi connectivity index (χ1) is 3.81. The Morgan fingerprint density at radius 3 is 2.50 bits per heavy atom. The van der Waals surface area contributed by atoms with Crippen LogP contribution in [0.2, 0.25) is 0 Å². The Hall–Kier alpha value is 0.180. The summed E-state index contributed by atoms with van der Waals surface area (Å²) in [6, 6.07) is 0. The molecule has 0 spiro atoms. The summed E-state index contributed by atoms with van der Waals surface area (Å²) in [6.45, 7) is 3.52. The zero-order valence-electron chi connectivity index (χ0n) is 4.27. The van der Waals surface area contributed by atoms with Gasteiger partial charge in [-0.15, -0.1) is 0 Å². The molecule has 0 atom stereocenters. The predicted octanol–water partition coefficient (Wildman–Crippen LogP) is 3.36. The molecule has 0 saturated heterocycles. The highest BCUT2D eigenvalue weighted by Crippen LogP contribution is 2.08. The summed E-state index contributed by atoms with van der Waals surface area (Å²) in [4.78, 5) is 1.78. The van der Waals surface area contributed by atoms with Crippen molar-refractivity contribution in [2.75, 3.05) is 0 Å². The van der Waals surface area contributed by atoms with Crippen molar-refractivity contribution in [3.8, 4) is 0 Å². The maximum Gasteiger partial charge on any atom is 0.0244 e. The maximum atomic E-state index is 3.52. The minimum atomic E-state index is 0.998. The Kier molecular flexibility index (Phi) is 5.44. The molecule has 0 aliphatic carbocycles. The number of rotatable bonds is 2. The molecule has 0 heterocycles. The second-order valence-electron chi connectivity index (χ2n) is 1.09. The standard InChI is InChI=1S/C6H6Br2/c1-2-3-4-6(8)5-7/h2-5H,1H2. The molecular weight excluding hydrogens is 232 g/mol. The van der Waals surface area contributed by atoms with Crippen LogP contribution >= 0.6 is 31.9 Å². The highest BCUT2D eigenvalue weighted by atomic mass is 79.9. The van der Waals surface area contributed by atoms with Gasteiger partial charge in [-0.1, -0.05) is 50.6 Å². The molecule has 0 aliphatic rings. The summed E-state index contributed by atoms with van der Waals surface area (Å²) in [7, 11) is 0. The first-order valence-electron chi connectivity index (χ1n) is 2.06. The molecule has 0 aliphatic heterocycles.